The normalized spacial score (nSPS) is 15.9. The molecule has 0 bridgehead atoms. The van der Waals surface area contributed by atoms with Crippen LogP contribution in [-0.2, 0) is 17.7 Å². The standard InChI is InChI=1S/C31H34N6O4/c1-19(20-12-14-32-15-13-20)41-25-10-7-23(8-11-25)34-31-33-17-26-28(38)27(30(39)36-40-2)18-37(29(26)35-31)24-9-6-21-4-3-5-22(21)16-24/h6-11,16-20,32H,3-5,12-15H2,1-2H3,(H,36,39)(H,33,34,35). The lowest BCUT2D eigenvalue weighted by Crippen LogP contribution is -2.35. The summed E-state index contributed by atoms with van der Waals surface area (Å²) in [5, 5.41) is 6.86. The fourth-order valence-electron chi connectivity index (χ4n) is 5.76. The summed E-state index contributed by atoms with van der Waals surface area (Å²) >= 11 is 0. The number of hydrogen-bond acceptors (Lipinski definition) is 8. The summed E-state index contributed by atoms with van der Waals surface area (Å²) in [6.07, 6.45) is 8.52. The minimum atomic E-state index is -0.631. The molecule has 6 rings (SSSR count). The molecule has 0 saturated carbocycles. The van der Waals surface area contributed by atoms with E-state index in [1.165, 1.54) is 30.6 Å². The third kappa shape index (κ3) is 5.66. The van der Waals surface area contributed by atoms with Crippen LogP contribution in [0.25, 0.3) is 16.7 Å². The molecule has 10 heteroatoms. The second-order valence-electron chi connectivity index (χ2n) is 10.7. The van der Waals surface area contributed by atoms with Gasteiger partial charge < -0.3 is 19.9 Å². The number of carbonyl (C=O) groups excluding carboxylic acids is 1. The van der Waals surface area contributed by atoms with Crippen LogP contribution < -0.4 is 26.3 Å². The highest BCUT2D eigenvalue weighted by Gasteiger charge is 2.22. The molecule has 2 aromatic heterocycles. The van der Waals surface area contributed by atoms with Crippen molar-refractivity contribution in [2.24, 2.45) is 5.92 Å². The summed E-state index contributed by atoms with van der Waals surface area (Å²) in [5.41, 5.74) is 6.31. The molecule has 2 aliphatic rings. The molecule has 0 spiro atoms. The second-order valence-corrected chi connectivity index (χ2v) is 10.7. The molecule has 3 N–H and O–H groups in total. The number of aryl methyl sites for hydroxylation is 2. The highest BCUT2D eigenvalue weighted by atomic mass is 16.6. The first-order chi connectivity index (χ1) is 20.0. The van der Waals surface area contributed by atoms with Gasteiger partial charge in [0.2, 0.25) is 11.4 Å². The van der Waals surface area contributed by atoms with Gasteiger partial charge in [0.25, 0.3) is 5.91 Å². The van der Waals surface area contributed by atoms with E-state index in [1.807, 2.05) is 30.3 Å². The van der Waals surface area contributed by atoms with Gasteiger partial charge in [-0.1, -0.05) is 6.07 Å². The first kappa shape index (κ1) is 26.9. The van der Waals surface area contributed by atoms with E-state index < -0.39 is 11.3 Å². The molecule has 10 nitrogen and oxygen atoms in total. The Labute approximate surface area is 238 Å². The van der Waals surface area contributed by atoms with Crippen LogP contribution in [0.15, 0.2) is 59.7 Å². The van der Waals surface area contributed by atoms with E-state index in [0.717, 1.165) is 62.3 Å². The Morgan fingerprint density at radius 2 is 1.88 bits per heavy atom. The summed E-state index contributed by atoms with van der Waals surface area (Å²) in [5.74, 6) is 1.06. The van der Waals surface area contributed by atoms with E-state index in [-0.39, 0.29) is 17.1 Å². The van der Waals surface area contributed by atoms with Crippen molar-refractivity contribution in [3.05, 3.63) is 81.8 Å². The summed E-state index contributed by atoms with van der Waals surface area (Å²) in [7, 11) is 1.33. The summed E-state index contributed by atoms with van der Waals surface area (Å²) < 4.78 is 7.98. The number of aromatic nitrogens is 3. The van der Waals surface area contributed by atoms with Crippen molar-refractivity contribution in [3.63, 3.8) is 0 Å². The summed E-state index contributed by atoms with van der Waals surface area (Å²) in [4.78, 5) is 39.8. The van der Waals surface area contributed by atoms with Crippen molar-refractivity contribution >= 4 is 28.6 Å². The summed E-state index contributed by atoms with van der Waals surface area (Å²) in [6.45, 7) is 4.21. The molecule has 2 aromatic carbocycles. The number of hydroxylamine groups is 1. The Balaban J connectivity index is 1.30. The zero-order valence-electron chi connectivity index (χ0n) is 23.3. The Kier molecular flexibility index (Phi) is 7.67. The molecule has 1 amide bonds. The molecule has 3 heterocycles. The molecule has 1 aliphatic heterocycles. The number of carbonyl (C=O) groups is 1. The number of benzene rings is 2. The number of pyridine rings is 1. The van der Waals surface area contributed by atoms with Crippen molar-refractivity contribution in [1.82, 2.24) is 25.3 Å². The molecule has 41 heavy (non-hydrogen) atoms. The Bertz CT molecular complexity index is 1630. The maximum absolute atomic E-state index is 13.3. The zero-order valence-corrected chi connectivity index (χ0v) is 23.3. The number of ether oxygens (including phenoxy) is 1. The van der Waals surface area contributed by atoms with Crippen molar-refractivity contribution < 1.29 is 14.4 Å². The lowest BCUT2D eigenvalue weighted by molar-refractivity contribution is 0.0536. The van der Waals surface area contributed by atoms with Crippen LogP contribution in [0.4, 0.5) is 11.6 Å². The fourth-order valence-corrected chi connectivity index (χ4v) is 5.76. The number of hydrogen-bond donors (Lipinski definition) is 3. The van der Waals surface area contributed by atoms with E-state index in [0.29, 0.717) is 17.5 Å². The fraction of sp³-hybridized carbons (Fsp3) is 0.355. The van der Waals surface area contributed by atoms with Gasteiger partial charge in [0, 0.05) is 23.8 Å². The van der Waals surface area contributed by atoms with Gasteiger partial charge >= 0.3 is 0 Å². The van der Waals surface area contributed by atoms with E-state index >= 15 is 0 Å². The largest absolute Gasteiger partial charge is 0.490 e. The summed E-state index contributed by atoms with van der Waals surface area (Å²) in [6, 6.07) is 13.9. The lowest BCUT2D eigenvalue weighted by atomic mass is 9.93. The molecule has 1 aliphatic carbocycles. The second kappa shape index (κ2) is 11.7. The van der Waals surface area contributed by atoms with Gasteiger partial charge in [0.05, 0.1) is 18.6 Å². The van der Waals surface area contributed by atoms with Crippen LogP contribution in [0, 0.1) is 5.92 Å². The van der Waals surface area contributed by atoms with E-state index in [9.17, 15) is 9.59 Å². The number of anilines is 2. The van der Waals surface area contributed by atoms with Gasteiger partial charge in [0.1, 0.15) is 11.3 Å². The number of nitrogens with one attached hydrogen (secondary N) is 3. The van der Waals surface area contributed by atoms with E-state index in [4.69, 9.17) is 14.6 Å². The maximum atomic E-state index is 13.3. The highest BCUT2D eigenvalue weighted by Crippen LogP contribution is 2.27. The lowest BCUT2D eigenvalue weighted by Gasteiger charge is -2.28. The molecule has 1 fully saturated rings. The maximum Gasteiger partial charge on any atom is 0.280 e. The zero-order chi connectivity index (χ0) is 28.3. The van der Waals surface area contributed by atoms with Crippen LogP contribution >= 0.6 is 0 Å². The molecular weight excluding hydrogens is 520 g/mol. The number of rotatable bonds is 8. The third-order valence-corrected chi connectivity index (χ3v) is 8.02. The quantitative estimate of drug-likeness (QED) is 0.279. The average Bonchev–Trinajstić information content (AvgIpc) is 3.47. The first-order valence-electron chi connectivity index (χ1n) is 14.1. The van der Waals surface area contributed by atoms with Crippen LogP contribution in [-0.4, -0.2) is 46.7 Å². The van der Waals surface area contributed by atoms with Crippen LogP contribution in [0.2, 0.25) is 0 Å². The molecule has 4 aromatic rings. The van der Waals surface area contributed by atoms with Gasteiger partial charge in [-0.15, -0.1) is 0 Å². The van der Waals surface area contributed by atoms with Crippen LogP contribution in [0.5, 0.6) is 5.75 Å². The third-order valence-electron chi connectivity index (χ3n) is 8.02. The molecule has 1 unspecified atom stereocenters. The van der Waals surface area contributed by atoms with Crippen LogP contribution in [0.3, 0.4) is 0 Å². The van der Waals surface area contributed by atoms with Gasteiger partial charge in [-0.3, -0.25) is 14.4 Å². The van der Waals surface area contributed by atoms with Crippen molar-refractivity contribution in [3.8, 4) is 11.4 Å². The Morgan fingerprint density at radius 1 is 1.10 bits per heavy atom. The number of piperidine rings is 1. The topological polar surface area (TPSA) is 119 Å². The molecular formula is C31H34N6O4. The number of nitrogens with zero attached hydrogens (tertiary/aromatic N) is 3. The predicted molar refractivity (Wildman–Crippen MR) is 157 cm³/mol. The average molecular weight is 555 g/mol. The van der Waals surface area contributed by atoms with Gasteiger partial charge in [-0.25, -0.2) is 10.5 Å². The predicted octanol–water partition coefficient (Wildman–Crippen LogP) is 4.07. The monoisotopic (exact) mass is 554 g/mol. The van der Waals surface area contributed by atoms with Crippen molar-refractivity contribution in [2.45, 2.75) is 45.1 Å². The van der Waals surface area contributed by atoms with Crippen molar-refractivity contribution in [1.29, 1.82) is 0 Å². The van der Waals surface area contributed by atoms with E-state index in [2.05, 4.69) is 40.2 Å². The Hall–Kier alpha value is -4.28. The van der Waals surface area contributed by atoms with Gasteiger partial charge in [-0.2, -0.15) is 4.98 Å². The number of amides is 1. The Morgan fingerprint density at radius 3 is 2.66 bits per heavy atom. The van der Waals surface area contributed by atoms with Crippen molar-refractivity contribution in [2.75, 3.05) is 25.5 Å². The smallest absolute Gasteiger partial charge is 0.280 e. The molecule has 1 saturated heterocycles. The minimum absolute atomic E-state index is 0.0570. The molecule has 1 atom stereocenters. The van der Waals surface area contributed by atoms with Gasteiger partial charge in [0.15, 0.2) is 5.65 Å². The van der Waals surface area contributed by atoms with Crippen LogP contribution in [0.1, 0.15) is 47.7 Å². The SMILES string of the molecule is CONC(=O)c1cn(-c2ccc3c(c2)CCC3)c2nc(Nc3ccc(OC(C)C4CCNCC4)cc3)ncc2c1=O. The van der Waals surface area contributed by atoms with E-state index in [1.54, 1.807) is 4.57 Å². The minimum Gasteiger partial charge on any atom is -0.490 e. The highest BCUT2D eigenvalue weighted by molar-refractivity contribution is 5.96. The first-order valence-corrected chi connectivity index (χ1v) is 14.1. The van der Waals surface area contributed by atoms with Gasteiger partial charge in [-0.05, 0) is 106 Å². The molecule has 0 radical (unpaired) electrons. The molecule has 212 valence electrons. The number of fused-ring (bicyclic) bond motifs is 2.